The Labute approximate surface area is 138 Å². The number of carbonyl (C=O) groups excluding carboxylic acids is 2. The van der Waals surface area contributed by atoms with E-state index in [0.29, 0.717) is 23.2 Å². The van der Waals surface area contributed by atoms with E-state index in [2.05, 4.69) is 11.9 Å². The number of nitrogens with zero attached hydrogens (tertiary/aromatic N) is 1. The molecule has 24 heavy (non-hydrogen) atoms. The molecule has 0 aromatic heterocycles. The number of hydrogen-bond acceptors (Lipinski definition) is 4. The molecular formula is C18H16N2O4. The molecule has 1 unspecified atom stereocenters. The minimum atomic E-state index is -1.01. The molecule has 1 aliphatic rings. The number of nitrogens with one attached hydrogen (secondary N) is 1. The summed E-state index contributed by atoms with van der Waals surface area (Å²) in [7, 11) is 0. The number of para-hydroxylation sites is 1. The number of aromatic hydroxyl groups is 2. The van der Waals surface area contributed by atoms with Crippen molar-refractivity contribution in [3.8, 4) is 11.5 Å². The third-order valence-electron chi connectivity index (χ3n) is 3.87. The summed E-state index contributed by atoms with van der Waals surface area (Å²) in [4.78, 5) is 25.7. The standard InChI is InChI=1S/C18H16N2O4/c1-2-5-11-6-3-9-14(16(11)22)15-17(23)19-18(24)20(15)12-7-4-8-13(21)10-12/h2-4,6-10,15,21-22H,1,5H2,(H,19,23,24). The van der Waals surface area contributed by atoms with Gasteiger partial charge >= 0.3 is 6.03 Å². The highest BCUT2D eigenvalue weighted by Gasteiger charge is 2.42. The number of imide groups is 1. The SMILES string of the molecule is C=CCc1cccc(C2C(=O)NC(=O)N2c2cccc(O)c2)c1O. The van der Waals surface area contributed by atoms with Gasteiger partial charge in [-0.05, 0) is 24.1 Å². The van der Waals surface area contributed by atoms with Gasteiger partial charge in [-0.25, -0.2) is 4.79 Å². The van der Waals surface area contributed by atoms with Gasteiger partial charge in [-0.3, -0.25) is 15.0 Å². The number of benzene rings is 2. The average molecular weight is 324 g/mol. The summed E-state index contributed by atoms with van der Waals surface area (Å²) >= 11 is 0. The van der Waals surface area contributed by atoms with Crippen molar-refractivity contribution in [2.24, 2.45) is 0 Å². The second-order valence-electron chi connectivity index (χ2n) is 5.43. The Morgan fingerprint density at radius 1 is 1.17 bits per heavy atom. The summed E-state index contributed by atoms with van der Waals surface area (Å²) in [5, 5.41) is 22.4. The van der Waals surface area contributed by atoms with Crippen LogP contribution in [0.2, 0.25) is 0 Å². The number of rotatable bonds is 4. The fourth-order valence-corrected chi connectivity index (χ4v) is 2.81. The van der Waals surface area contributed by atoms with Crippen molar-refractivity contribution in [2.45, 2.75) is 12.5 Å². The van der Waals surface area contributed by atoms with Crippen LogP contribution in [0.15, 0.2) is 55.1 Å². The maximum atomic E-state index is 12.3. The molecular weight excluding hydrogens is 308 g/mol. The van der Waals surface area contributed by atoms with Crippen LogP contribution in [-0.2, 0) is 11.2 Å². The van der Waals surface area contributed by atoms with Gasteiger partial charge < -0.3 is 10.2 Å². The minimum absolute atomic E-state index is 0.0250. The van der Waals surface area contributed by atoms with Gasteiger partial charge in [0.2, 0.25) is 0 Å². The number of carbonyl (C=O) groups is 2. The summed E-state index contributed by atoms with van der Waals surface area (Å²) in [6, 6.07) is 9.46. The van der Waals surface area contributed by atoms with Crippen molar-refractivity contribution in [1.29, 1.82) is 0 Å². The maximum Gasteiger partial charge on any atom is 0.329 e. The number of allylic oxidation sites excluding steroid dienone is 1. The lowest BCUT2D eigenvalue weighted by molar-refractivity contribution is -0.120. The first-order valence-corrected chi connectivity index (χ1v) is 7.37. The number of amides is 3. The van der Waals surface area contributed by atoms with E-state index in [0.717, 1.165) is 0 Å². The fourth-order valence-electron chi connectivity index (χ4n) is 2.81. The molecule has 6 nitrogen and oxygen atoms in total. The van der Waals surface area contributed by atoms with Crippen molar-refractivity contribution in [1.82, 2.24) is 5.32 Å². The molecule has 0 saturated carbocycles. The molecule has 3 N–H and O–H groups in total. The molecule has 2 aromatic carbocycles. The van der Waals surface area contributed by atoms with E-state index < -0.39 is 18.0 Å². The van der Waals surface area contributed by atoms with Crippen LogP contribution in [0.4, 0.5) is 10.5 Å². The Hall–Kier alpha value is -3.28. The van der Waals surface area contributed by atoms with Crippen LogP contribution >= 0.6 is 0 Å². The smallest absolute Gasteiger partial charge is 0.329 e. The summed E-state index contributed by atoms with van der Waals surface area (Å²) in [6.45, 7) is 3.64. The predicted molar refractivity (Wildman–Crippen MR) is 88.9 cm³/mol. The predicted octanol–water partition coefficient (Wildman–Crippen LogP) is 2.62. The first-order chi connectivity index (χ1) is 11.5. The van der Waals surface area contributed by atoms with E-state index in [-0.39, 0.29) is 11.5 Å². The molecule has 1 aliphatic heterocycles. The van der Waals surface area contributed by atoms with Crippen LogP contribution in [0.25, 0.3) is 0 Å². The van der Waals surface area contributed by atoms with Gasteiger partial charge in [0, 0.05) is 11.6 Å². The Morgan fingerprint density at radius 2 is 1.92 bits per heavy atom. The summed E-state index contributed by atoms with van der Waals surface area (Å²) in [5.41, 5.74) is 1.29. The number of phenolic OH excluding ortho intramolecular Hbond substituents is 2. The Balaban J connectivity index is 2.11. The van der Waals surface area contributed by atoms with Gasteiger partial charge in [0.05, 0.1) is 5.69 Å². The van der Waals surface area contributed by atoms with Gasteiger partial charge in [0.15, 0.2) is 0 Å². The van der Waals surface area contributed by atoms with Gasteiger partial charge in [-0.1, -0.05) is 30.3 Å². The van der Waals surface area contributed by atoms with E-state index in [4.69, 9.17) is 0 Å². The molecule has 1 saturated heterocycles. The van der Waals surface area contributed by atoms with Crippen LogP contribution in [0.1, 0.15) is 17.2 Å². The second kappa shape index (κ2) is 6.08. The lowest BCUT2D eigenvalue weighted by atomic mass is 9.99. The zero-order valence-electron chi connectivity index (χ0n) is 12.8. The van der Waals surface area contributed by atoms with Crippen molar-refractivity contribution < 1.29 is 19.8 Å². The van der Waals surface area contributed by atoms with Crippen molar-refractivity contribution in [3.63, 3.8) is 0 Å². The Kier molecular flexibility index (Phi) is 3.95. The molecule has 3 rings (SSSR count). The molecule has 0 radical (unpaired) electrons. The third-order valence-corrected chi connectivity index (χ3v) is 3.87. The number of hydrogen-bond donors (Lipinski definition) is 3. The molecule has 122 valence electrons. The second-order valence-corrected chi connectivity index (χ2v) is 5.43. The van der Waals surface area contributed by atoms with E-state index in [1.165, 1.54) is 17.0 Å². The molecule has 1 heterocycles. The van der Waals surface area contributed by atoms with Gasteiger partial charge in [-0.15, -0.1) is 6.58 Å². The summed E-state index contributed by atoms with van der Waals surface area (Å²) in [5.74, 6) is -0.602. The van der Waals surface area contributed by atoms with E-state index in [9.17, 15) is 19.8 Å². The van der Waals surface area contributed by atoms with Crippen LogP contribution in [0.5, 0.6) is 11.5 Å². The van der Waals surface area contributed by atoms with Crippen molar-refractivity contribution in [3.05, 3.63) is 66.2 Å². The highest BCUT2D eigenvalue weighted by atomic mass is 16.3. The number of phenols is 2. The van der Waals surface area contributed by atoms with E-state index in [1.54, 1.807) is 36.4 Å². The van der Waals surface area contributed by atoms with Crippen molar-refractivity contribution >= 4 is 17.6 Å². The molecule has 1 fully saturated rings. The Bertz CT molecular complexity index is 832. The lowest BCUT2D eigenvalue weighted by Crippen LogP contribution is -2.29. The molecule has 0 bridgehead atoms. The summed E-state index contributed by atoms with van der Waals surface area (Å²) < 4.78 is 0. The largest absolute Gasteiger partial charge is 0.508 e. The van der Waals surface area contributed by atoms with Crippen LogP contribution < -0.4 is 10.2 Å². The highest BCUT2D eigenvalue weighted by molar-refractivity contribution is 6.14. The quantitative estimate of drug-likeness (QED) is 0.596. The number of urea groups is 1. The Morgan fingerprint density at radius 3 is 2.62 bits per heavy atom. The average Bonchev–Trinajstić information content (AvgIpc) is 2.84. The normalized spacial score (nSPS) is 17.0. The van der Waals surface area contributed by atoms with Crippen LogP contribution in [0.3, 0.4) is 0 Å². The molecule has 2 aromatic rings. The highest BCUT2D eigenvalue weighted by Crippen LogP contribution is 2.38. The van der Waals surface area contributed by atoms with Gasteiger partial charge in [0.1, 0.15) is 17.5 Å². The third kappa shape index (κ3) is 2.58. The van der Waals surface area contributed by atoms with Crippen LogP contribution in [-0.4, -0.2) is 22.2 Å². The van der Waals surface area contributed by atoms with Gasteiger partial charge in [0.25, 0.3) is 5.91 Å². The monoisotopic (exact) mass is 324 g/mol. The molecule has 0 spiro atoms. The summed E-state index contributed by atoms with van der Waals surface area (Å²) in [6.07, 6.45) is 2.08. The number of anilines is 1. The van der Waals surface area contributed by atoms with Crippen molar-refractivity contribution in [2.75, 3.05) is 4.90 Å². The zero-order valence-corrected chi connectivity index (χ0v) is 12.8. The molecule has 3 amide bonds. The molecule has 1 atom stereocenters. The zero-order chi connectivity index (χ0) is 17.3. The van der Waals surface area contributed by atoms with E-state index in [1.807, 2.05) is 0 Å². The topological polar surface area (TPSA) is 89.9 Å². The first kappa shape index (κ1) is 15.6. The molecule has 6 heteroatoms. The van der Waals surface area contributed by atoms with E-state index >= 15 is 0 Å². The lowest BCUT2D eigenvalue weighted by Gasteiger charge is -2.23. The first-order valence-electron chi connectivity index (χ1n) is 7.37. The van der Waals surface area contributed by atoms with Crippen LogP contribution in [0, 0.1) is 0 Å². The molecule has 0 aliphatic carbocycles. The fraction of sp³-hybridized carbons (Fsp3) is 0.111. The van der Waals surface area contributed by atoms with Gasteiger partial charge in [-0.2, -0.15) is 0 Å². The minimum Gasteiger partial charge on any atom is -0.508 e. The maximum absolute atomic E-state index is 12.3.